The summed E-state index contributed by atoms with van der Waals surface area (Å²) in [6.07, 6.45) is 0.934. The number of halogens is 3. The average Bonchev–Trinajstić information content (AvgIpc) is 2.04. The Morgan fingerprint density at radius 2 is 1.85 bits per heavy atom. The first-order valence-corrected chi connectivity index (χ1v) is 5.78. The van der Waals surface area contributed by atoms with Crippen LogP contribution < -0.4 is 5.32 Å². The minimum atomic E-state index is 0.672. The van der Waals surface area contributed by atoms with Crippen molar-refractivity contribution < 1.29 is 0 Å². The van der Waals surface area contributed by atoms with Gasteiger partial charge in [0.25, 0.3) is 0 Å². The highest BCUT2D eigenvalue weighted by Gasteiger charge is 2.05. The molecule has 72 valence electrons. The van der Waals surface area contributed by atoms with Crippen molar-refractivity contribution in [1.82, 2.24) is 0 Å². The summed E-state index contributed by atoms with van der Waals surface area (Å²) in [4.78, 5) is 0. The Kier molecular flexibility index (Phi) is 4.36. The highest BCUT2D eigenvalue weighted by Crippen LogP contribution is 2.31. The molecule has 0 spiro atoms. The van der Waals surface area contributed by atoms with Crippen LogP contribution in [0.25, 0.3) is 0 Å². The van der Waals surface area contributed by atoms with Crippen molar-refractivity contribution in [2.75, 3.05) is 17.7 Å². The monoisotopic (exact) mass is 281 g/mol. The van der Waals surface area contributed by atoms with Crippen LogP contribution in [0.3, 0.4) is 0 Å². The fourth-order valence-corrected chi connectivity index (χ4v) is 2.30. The largest absolute Gasteiger partial charge is 0.386 e. The number of alkyl halides is 1. The van der Waals surface area contributed by atoms with Crippen LogP contribution in [0.1, 0.15) is 5.56 Å². The van der Waals surface area contributed by atoms with Gasteiger partial charge in [-0.25, -0.2) is 0 Å². The lowest BCUT2D eigenvalue weighted by atomic mass is 10.1. The maximum atomic E-state index is 6.01. The molecule has 0 aliphatic heterocycles. The molecule has 0 saturated carbocycles. The van der Waals surface area contributed by atoms with Gasteiger partial charge in [0.05, 0.1) is 15.7 Å². The van der Waals surface area contributed by atoms with Crippen molar-refractivity contribution in [2.24, 2.45) is 0 Å². The van der Waals surface area contributed by atoms with E-state index in [-0.39, 0.29) is 0 Å². The molecule has 0 aliphatic rings. The van der Waals surface area contributed by atoms with Crippen LogP contribution in [0, 0.1) is 0 Å². The second kappa shape index (κ2) is 5.08. The number of nitrogens with one attached hydrogen (secondary N) is 1. The molecule has 1 rings (SSSR count). The molecule has 1 aromatic rings. The lowest BCUT2D eigenvalue weighted by Crippen LogP contribution is -1.93. The van der Waals surface area contributed by atoms with Crippen LogP contribution in [0.15, 0.2) is 12.1 Å². The van der Waals surface area contributed by atoms with Crippen molar-refractivity contribution in [1.29, 1.82) is 0 Å². The van der Waals surface area contributed by atoms with Gasteiger partial charge in [-0.2, -0.15) is 0 Å². The minimum Gasteiger partial charge on any atom is -0.386 e. The molecule has 1 N–H and O–H groups in total. The first kappa shape index (κ1) is 11.2. The number of benzene rings is 1. The van der Waals surface area contributed by atoms with Gasteiger partial charge in [-0.05, 0) is 24.1 Å². The molecule has 4 heteroatoms. The fraction of sp³-hybridized carbons (Fsp3) is 0.333. The van der Waals surface area contributed by atoms with E-state index in [9.17, 15) is 0 Å². The third kappa shape index (κ3) is 2.76. The van der Waals surface area contributed by atoms with Crippen LogP contribution in [-0.4, -0.2) is 12.4 Å². The zero-order valence-corrected chi connectivity index (χ0v) is 10.3. The average molecular weight is 283 g/mol. The highest BCUT2D eigenvalue weighted by molar-refractivity contribution is 9.09. The first-order valence-electron chi connectivity index (χ1n) is 3.90. The van der Waals surface area contributed by atoms with E-state index in [1.54, 1.807) is 7.05 Å². The normalized spacial score (nSPS) is 10.2. The predicted octanol–water partition coefficient (Wildman–Crippen LogP) is 3.97. The number of anilines is 1. The van der Waals surface area contributed by atoms with Gasteiger partial charge in [-0.15, -0.1) is 0 Å². The number of rotatable bonds is 3. The molecule has 1 nitrogen and oxygen atoms in total. The van der Waals surface area contributed by atoms with E-state index in [2.05, 4.69) is 21.2 Å². The van der Waals surface area contributed by atoms with E-state index < -0.39 is 0 Å². The Hall–Kier alpha value is 0.0800. The van der Waals surface area contributed by atoms with E-state index >= 15 is 0 Å². The Morgan fingerprint density at radius 3 is 2.23 bits per heavy atom. The van der Waals surface area contributed by atoms with Gasteiger partial charge < -0.3 is 5.32 Å². The van der Waals surface area contributed by atoms with Gasteiger partial charge in [0.1, 0.15) is 0 Å². The summed E-state index contributed by atoms with van der Waals surface area (Å²) in [5.74, 6) is 0. The van der Waals surface area contributed by atoms with Crippen molar-refractivity contribution in [3.05, 3.63) is 27.7 Å². The van der Waals surface area contributed by atoms with E-state index in [4.69, 9.17) is 23.2 Å². The molecule has 0 atom stereocenters. The third-order valence-electron chi connectivity index (χ3n) is 1.74. The standard InChI is InChI=1S/C9H10BrCl2N/c1-13-9-7(11)4-6(2-3-10)5-8(9)12/h4-5,13H,2-3H2,1H3. The van der Waals surface area contributed by atoms with E-state index in [1.807, 2.05) is 12.1 Å². The quantitative estimate of drug-likeness (QED) is 0.827. The molecular formula is C9H10BrCl2N. The summed E-state index contributed by atoms with van der Waals surface area (Å²) in [6, 6.07) is 3.86. The zero-order valence-electron chi connectivity index (χ0n) is 7.20. The van der Waals surface area contributed by atoms with Crippen LogP contribution in [0.2, 0.25) is 10.0 Å². The molecular weight excluding hydrogens is 273 g/mol. The third-order valence-corrected chi connectivity index (χ3v) is 2.73. The van der Waals surface area contributed by atoms with Crippen LogP contribution >= 0.6 is 39.1 Å². The number of hydrogen-bond donors (Lipinski definition) is 1. The lowest BCUT2D eigenvalue weighted by Gasteiger charge is -2.08. The SMILES string of the molecule is CNc1c(Cl)cc(CCBr)cc1Cl. The van der Waals surface area contributed by atoms with Crippen LogP contribution in [0.5, 0.6) is 0 Å². The minimum absolute atomic E-state index is 0.672. The van der Waals surface area contributed by atoms with Gasteiger partial charge in [0, 0.05) is 12.4 Å². The van der Waals surface area contributed by atoms with Gasteiger partial charge in [0.15, 0.2) is 0 Å². The topological polar surface area (TPSA) is 12.0 Å². The van der Waals surface area contributed by atoms with Crippen LogP contribution in [0.4, 0.5) is 5.69 Å². The summed E-state index contributed by atoms with van der Waals surface area (Å²) in [5, 5.41) is 5.22. The Labute approximate surface area is 96.6 Å². The summed E-state index contributed by atoms with van der Waals surface area (Å²) in [5.41, 5.74) is 1.94. The second-order valence-corrected chi connectivity index (χ2v) is 4.23. The summed E-state index contributed by atoms with van der Waals surface area (Å²) < 4.78 is 0. The maximum Gasteiger partial charge on any atom is 0.0716 e. The Morgan fingerprint density at radius 1 is 1.31 bits per heavy atom. The number of hydrogen-bond acceptors (Lipinski definition) is 1. The molecule has 0 fully saturated rings. The summed E-state index contributed by atoms with van der Waals surface area (Å²) in [6.45, 7) is 0. The van der Waals surface area contributed by atoms with Gasteiger partial charge in [0.2, 0.25) is 0 Å². The van der Waals surface area contributed by atoms with E-state index in [0.29, 0.717) is 10.0 Å². The van der Waals surface area contributed by atoms with Crippen molar-refractivity contribution in [3.63, 3.8) is 0 Å². The summed E-state index contributed by atoms with van der Waals surface area (Å²) in [7, 11) is 1.80. The Balaban J connectivity index is 3.05. The van der Waals surface area contributed by atoms with Gasteiger partial charge >= 0.3 is 0 Å². The summed E-state index contributed by atoms with van der Waals surface area (Å²) >= 11 is 15.4. The molecule has 0 bridgehead atoms. The Bertz CT molecular complexity index is 279. The highest BCUT2D eigenvalue weighted by atomic mass is 79.9. The molecule has 13 heavy (non-hydrogen) atoms. The van der Waals surface area contributed by atoms with E-state index in [1.165, 1.54) is 0 Å². The van der Waals surface area contributed by atoms with Gasteiger partial charge in [-0.1, -0.05) is 39.1 Å². The predicted molar refractivity (Wildman–Crippen MR) is 63.5 cm³/mol. The first-order chi connectivity index (χ1) is 6.19. The molecule has 0 saturated heterocycles. The van der Waals surface area contributed by atoms with Crippen molar-refractivity contribution in [3.8, 4) is 0 Å². The zero-order chi connectivity index (χ0) is 9.84. The molecule has 0 unspecified atom stereocenters. The van der Waals surface area contributed by atoms with E-state index in [0.717, 1.165) is 23.0 Å². The molecule has 0 radical (unpaired) electrons. The maximum absolute atomic E-state index is 6.01. The smallest absolute Gasteiger partial charge is 0.0716 e. The molecule has 0 amide bonds. The fourth-order valence-electron chi connectivity index (χ4n) is 1.12. The van der Waals surface area contributed by atoms with Crippen LogP contribution in [-0.2, 0) is 6.42 Å². The second-order valence-electron chi connectivity index (χ2n) is 2.62. The molecule has 0 heterocycles. The molecule has 0 aliphatic carbocycles. The lowest BCUT2D eigenvalue weighted by molar-refractivity contribution is 1.17. The molecule has 1 aromatic carbocycles. The number of aryl methyl sites for hydroxylation is 1. The van der Waals surface area contributed by atoms with Crippen molar-refractivity contribution >= 4 is 44.8 Å². The molecule has 0 aromatic heterocycles. The van der Waals surface area contributed by atoms with Gasteiger partial charge in [-0.3, -0.25) is 0 Å². The van der Waals surface area contributed by atoms with Crippen molar-refractivity contribution in [2.45, 2.75) is 6.42 Å².